The number of hydrogen-bond donors (Lipinski definition) is 1. The Labute approximate surface area is 152 Å². The number of carbonyl (C=O) groups is 1. The smallest absolute Gasteiger partial charge is 0.249 e. The Kier molecular flexibility index (Phi) is 4.69. The Balaban J connectivity index is 1.20. The van der Waals surface area contributed by atoms with E-state index in [0.717, 1.165) is 44.8 Å². The van der Waals surface area contributed by atoms with E-state index in [1.165, 1.54) is 0 Å². The predicted octanol–water partition coefficient (Wildman–Crippen LogP) is 2.22. The van der Waals surface area contributed by atoms with Crippen LogP contribution in [0.25, 0.3) is 0 Å². The molecule has 0 aromatic carbocycles. The third-order valence-electron chi connectivity index (χ3n) is 5.95. The molecule has 0 bridgehead atoms. The van der Waals surface area contributed by atoms with E-state index in [1.807, 2.05) is 18.2 Å². The van der Waals surface area contributed by atoms with Crippen molar-refractivity contribution in [3.05, 3.63) is 30.1 Å². The minimum Gasteiger partial charge on any atom is -0.372 e. The molecule has 1 spiro atoms. The quantitative estimate of drug-likeness (QED) is 0.840. The Morgan fingerprint density at radius 1 is 1.35 bits per heavy atom. The number of amides is 1. The third-order valence-corrected chi connectivity index (χ3v) is 5.95. The normalized spacial score (nSPS) is 27.1. The molecule has 4 rings (SSSR count). The molecule has 0 unspecified atom stereocenters. The van der Waals surface area contributed by atoms with E-state index in [-0.39, 0.29) is 24.3 Å². The number of nitrogens with one attached hydrogen (secondary N) is 1. The summed E-state index contributed by atoms with van der Waals surface area (Å²) in [6.45, 7) is 3.89. The van der Waals surface area contributed by atoms with E-state index in [4.69, 9.17) is 4.74 Å². The van der Waals surface area contributed by atoms with Crippen LogP contribution in [0.5, 0.6) is 0 Å². The van der Waals surface area contributed by atoms with Crippen molar-refractivity contribution >= 4 is 5.91 Å². The van der Waals surface area contributed by atoms with Gasteiger partial charge in [-0.15, -0.1) is 0 Å². The van der Waals surface area contributed by atoms with Gasteiger partial charge in [0.25, 0.3) is 0 Å². The number of pyridine rings is 1. The van der Waals surface area contributed by atoms with Gasteiger partial charge < -0.3 is 10.1 Å². The van der Waals surface area contributed by atoms with E-state index < -0.39 is 11.8 Å². The van der Waals surface area contributed by atoms with Crippen molar-refractivity contribution in [2.75, 3.05) is 26.2 Å². The molecule has 0 radical (unpaired) electrons. The monoisotopic (exact) mass is 365 g/mol. The fraction of sp³-hybridized carbons (Fsp3) is 0.684. The second-order valence-corrected chi connectivity index (χ2v) is 7.91. The highest BCUT2D eigenvalue weighted by molar-refractivity contribution is 5.79. The molecule has 1 aliphatic carbocycles. The molecule has 2 aliphatic heterocycles. The molecule has 5 nitrogen and oxygen atoms in total. The van der Waals surface area contributed by atoms with Gasteiger partial charge in [0.15, 0.2) is 0 Å². The zero-order valence-corrected chi connectivity index (χ0v) is 14.8. The third kappa shape index (κ3) is 3.60. The first kappa shape index (κ1) is 17.8. The van der Waals surface area contributed by atoms with E-state index in [9.17, 15) is 13.6 Å². The highest BCUT2D eigenvalue weighted by Crippen LogP contribution is 2.43. The molecule has 3 fully saturated rings. The van der Waals surface area contributed by atoms with Gasteiger partial charge in [-0.25, -0.2) is 8.78 Å². The van der Waals surface area contributed by atoms with Crippen molar-refractivity contribution in [1.29, 1.82) is 0 Å². The van der Waals surface area contributed by atoms with Crippen LogP contribution in [0.4, 0.5) is 8.78 Å². The summed E-state index contributed by atoms with van der Waals surface area (Å²) >= 11 is 0. The van der Waals surface area contributed by atoms with E-state index in [1.54, 1.807) is 6.20 Å². The minimum atomic E-state index is -2.64. The number of aromatic nitrogens is 1. The first-order chi connectivity index (χ1) is 12.5. The Hall–Kier alpha value is -1.60. The number of alkyl halides is 2. The number of rotatable bonds is 6. The number of likely N-dealkylation sites (tertiary alicyclic amines) is 1. The van der Waals surface area contributed by atoms with Crippen LogP contribution >= 0.6 is 0 Å². The van der Waals surface area contributed by atoms with Crippen LogP contribution < -0.4 is 5.32 Å². The Bertz CT molecular complexity index is 641. The number of hydrogen-bond acceptors (Lipinski definition) is 4. The average molecular weight is 365 g/mol. The maximum Gasteiger partial charge on any atom is 0.249 e. The summed E-state index contributed by atoms with van der Waals surface area (Å²) in [6.07, 6.45) is 3.02. The van der Waals surface area contributed by atoms with E-state index >= 15 is 0 Å². The van der Waals surface area contributed by atoms with Gasteiger partial charge >= 0.3 is 0 Å². The summed E-state index contributed by atoms with van der Waals surface area (Å²) < 4.78 is 31.8. The van der Waals surface area contributed by atoms with Gasteiger partial charge in [0.1, 0.15) is 0 Å². The van der Waals surface area contributed by atoms with Crippen molar-refractivity contribution in [2.24, 2.45) is 11.8 Å². The van der Waals surface area contributed by atoms with Crippen molar-refractivity contribution < 1.29 is 18.3 Å². The summed E-state index contributed by atoms with van der Waals surface area (Å²) in [4.78, 5) is 18.6. The Morgan fingerprint density at radius 3 is 2.85 bits per heavy atom. The van der Waals surface area contributed by atoms with Crippen LogP contribution in [-0.4, -0.2) is 53.6 Å². The largest absolute Gasteiger partial charge is 0.372 e. The molecule has 1 aromatic rings. The molecule has 1 aromatic heterocycles. The fourth-order valence-corrected chi connectivity index (χ4v) is 4.45. The van der Waals surface area contributed by atoms with Crippen LogP contribution in [0, 0.1) is 11.8 Å². The molecular weight excluding hydrogens is 340 g/mol. The second kappa shape index (κ2) is 6.85. The summed E-state index contributed by atoms with van der Waals surface area (Å²) in [7, 11) is 0. The summed E-state index contributed by atoms with van der Waals surface area (Å²) in [5, 5.41) is 2.83. The molecular formula is C19H25F2N3O2. The van der Waals surface area contributed by atoms with E-state index in [0.29, 0.717) is 12.5 Å². The lowest BCUT2D eigenvalue weighted by atomic mass is 9.78. The molecule has 1 amide bonds. The Morgan fingerprint density at radius 2 is 2.15 bits per heavy atom. The fourth-order valence-electron chi connectivity index (χ4n) is 4.45. The van der Waals surface area contributed by atoms with Crippen LogP contribution in [-0.2, 0) is 16.1 Å². The summed E-state index contributed by atoms with van der Waals surface area (Å²) in [5.74, 6) is -2.98. The molecule has 1 saturated carbocycles. The van der Waals surface area contributed by atoms with E-state index in [2.05, 4.69) is 15.2 Å². The van der Waals surface area contributed by atoms with Crippen LogP contribution in [0.3, 0.4) is 0 Å². The van der Waals surface area contributed by atoms with Crippen LogP contribution in [0.2, 0.25) is 0 Å². The maximum atomic E-state index is 12.9. The van der Waals surface area contributed by atoms with Gasteiger partial charge in [-0.3, -0.25) is 14.7 Å². The SMILES string of the molecule is O=C(NCC[C@H]1CCOC12CN(Cc1ccccn1)C2)C1CC(F)(F)C1. The van der Waals surface area contributed by atoms with Gasteiger partial charge in [0.2, 0.25) is 11.8 Å². The van der Waals surface area contributed by atoms with Crippen LogP contribution in [0.15, 0.2) is 24.4 Å². The lowest BCUT2D eigenvalue weighted by Gasteiger charge is -2.50. The minimum absolute atomic E-state index is 0.108. The molecule has 142 valence electrons. The number of halogens is 2. The van der Waals surface area contributed by atoms with Crippen molar-refractivity contribution in [1.82, 2.24) is 15.2 Å². The summed E-state index contributed by atoms with van der Waals surface area (Å²) in [5.41, 5.74) is 0.949. The standard InChI is InChI=1S/C19H25F2N3O2/c20-19(21)9-14(10-19)17(25)23-7-4-15-5-8-26-18(15)12-24(13-18)11-16-3-1-2-6-22-16/h1-3,6,14-15H,4-5,7-13H2,(H,23,25)/t15-/m0/s1. The van der Waals surface area contributed by atoms with Gasteiger partial charge in [-0.1, -0.05) is 6.07 Å². The molecule has 3 aliphatic rings. The van der Waals surface area contributed by atoms with Crippen molar-refractivity contribution in [3.8, 4) is 0 Å². The highest BCUT2D eigenvalue weighted by atomic mass is 19.3. The molecule has 2 saturated heterocycles. The number of nitrogens with zero attached hydrogens (tertiary/aromatic N) is 2. The zero-order chi connectivity index (χ0) is 18.2. The molecule has 26 heavy (non-hydrogen) atoms. The lowest BCUT2D eigenvalue weighted by molar-refractivity contribution is -0.150. The first-order valence-electron chi connectivity index (χ1n) is 9.38. The maximum absolute atomic E-state index is 12.9. The van der Waals surface area contributed by atoms with Gasteiger partial charge in [0.05, 0.1) is 11.3 Å². The molecule has 1 atom stereocenters. The highest BCUT2D eigenvalue weighted by Gasteiger charge is 2.52. The van der Waals surface area contributed by atoms with Crippen molar-refractivity contribution in [3.63, 3.8) is 0 Å². The average Bonchev–Trinajstić information content (AvgIpc) is 2.97. The second-order valence-electron chi connectivity index (χ2n) is 7.91. The molecule has 1 N–H and O–H groups in total. The van der Waals surface area contributed by atoms with Crippen LogP contribution in [0.1, 0.15) is 31.4 Å². The van der Waals surface area contributed by atoms with Crippen molar-refractivity contribution in [2.45, 2.75) is 43.8 Å². The van der Waals surface area contributed by atoms with Gasteiger partial charge in [-0.05, 0) is 30.9 Å². The lowest BCUT2D eigenvalue weighted by Crippen LogP contribution is -2.64. The van der Waals surface area contributed by atoms with Gasteiger partial charge in [-0.2, -0.15) is 0 Å². The number of ether oxygens (including phenoxy) is 1. The zero-order valence-electron chi connectivity index (χ0n) is 14.8. The summed E-state index contributed by atoms with van der Waals surface area (Å²) in [6, 6.07) is 5.93. The molecule has 7 heteroatoms. The topological polar surface area (TPSA) is 54.5 Å². The van der Waals surface area contributed by atoms with Gasteiger partial charge in [0, 0.05) is 57.7 Å². The number of carbonyl (C=O) groups excluding carboxylic acids is 1. The molecule has 3 heterocycles. The first-order valence-corrected chi connectivity index (χ1v) is 9.38. The predicted molar refractivity (Wildman–Crippen MR) is 91.6 cm³/mol.